The Bertz CT molecular complexity index is 924. The minimum absolute atomic E-state index is 0.105. The Hall–Kier alpha value is -2.72. The lowest BCUT2D eigenvalue weighted by Crippen LogP contribution is -2.27. The van der Waals surface area contributed by atoms with Gasteiger partial charge in [0, 0.05) is 13.1 Å². The topological polar surface area (TPSA) is 76.1 Å². The van der Waals surface area contributed by atoms with E-state index < -0.39 is 6.61 Å². The fourth-order valence-electron chi connectivity index (χ4n) is 2.48. The van der Waals surface area contributed by atoms with Gasteiger partial charge in [0.1, 0.15) is 5.75 Å². The molecule has 0 atom stereocenters. The first-order valence-corrected chi connectivity index (χ1v) is 10.9. The minimum Gasteiger partial charge on any atom is -0.435 e. The number of benzene rings is 2. The molecule has 2 aromatic carbocycles. The zero-order valence-corrected chi connectivity index (χ0v) is 17.5. The standard InChI is InChI=1S/C20H20F2N4O2S2/c21-18(22)28-16-8-6-14(7-9-16)10-11-23-17(27)13-29-20-26-25-19(30-20)24-12-15-4-2-1-3-5-15/h1-9,18H,10-13H2,(H,23,27)(H,24,25). The summed E-state index contributed by atoms with van der Waals surface area (Å²) in [7, 11) is 0. The Morgan fingerprint density at radius 1 is 1.07 bits per heavy atom. The van der Waals surface area contributed by atoms with Crippen LogP contribution in [0.25, 0.3) is 0 Å². The zero-order chi connectivity index (χ0) is 21.2. The summed E-state index contributed by atoms with van der Waals surface area (Å²) < 4.78 is 29.3. The van der Waals surface area contributed by atoms with Crippen LogP contribution >= 0.6 is 23.1 Å². The average molecular weight is 451 g/mol. The summed E-state index contributed by atoms with van der Waals surface area (Å²) in [6.07, 6.45) is 0.595. The number of thioether (sulfide) groups is 1. The van der Waals surface area contributed by atoms with Crippen molar-refractivity contribution < 1.29 is 18.3 Å². The predicted molar refractivity (Wildman–Crippen MR) is 114 cm³/mol. The van der Waals surface area contributed by atoms with Crippen LogP contribution in [0.15, 0.2) is 58.9 Å². The molecule has 0 aliphatic rings. The number of nitrogens with one attached hydrogen (secondary N) is 2. The Kier molecular flexibility index (Phi) is 8.40. The van der Waals surface area contributed by atoms with Crippen LogP contribution in [0.1, 0.15) is 11.1 Å². The lowest BCUT2D eigenvalue weighted by molar-refractivity contribution is -0.118. The normalized spacial score (nSPS) is 10.8. The average Bonchev–Trinajstić information content (AvgIpc) is 3.20. The predicted octanol–water partition coefficient (Wildman–Crippen LogP) is 4.20. The number of carbonyl (C=O) groups excluding carboxylic acids is 1. The molecule has 0 aliphatic heterocycles. The van der Waals surface area contributed by atoms with Gasteiger partial charge in [-0.1, -0.05) is 65.6 Å². The van der Waals surface area contributed by atoms with Crippen molar-refractivity contribution in [2.24, 2.45) is 0 Å². The Balaban J connectivity index is 1.33. The molecule has 2 N–H and O–H groups in total. The molecule has 1 aromatic heterocycles. The quantitative estimate of drug-likeness (QED) is 0.427. The Morgan fingerprint density at radius 2 is 1.83 bits per heavy atom. The lowest BCUT2D eigenvalue weighted by Gasteiger charge is -2.07. The second-order valence-corrected chi connectivity index (χ2v) is 8.32. The van der Waals surface area contributed by atoms with Crippen LogP contribution in [-0.4, -0.2) is 35.0 Å². The second-order valence-electron chi connectivity index (χ2n) is 6.12. The van der Waals surface area contributed by atoms with Gasteiger partial charge in [-0.3, -0.25) is 4.79 Å². The van der Waals surface area contributed by atoms with Crippen LogP contribution in [0.5, 0.6) is 5.75 Å². The molecule has 158 valence electrons. The molecule has 0 saturated heterocycles. The van der Waals surface area contributed by atoms with Crippen LogP contribution in [0, 0.1) is 0 Å². The highest BCUT2D eigenvalue weighted by molar-refractivity contribution is 8.01. The Labute approximate surface area is 181 Å². The van der Waals surface area contributed by atoms with Gasteiger partial charge >= 0.3 is 6.61 Å². The van der Waals surface area contributed by atoms with E-state index in [0.717, 1.165) is 15.5 Å². The van der Waals surface area contributed by atoms with Gasteiger partial charge in [0.15, 0.2) is 4.34 Å². The third-order valence-electron chi connectivity index (χ3n) is 3.90. The molecular formula is C20H20F2N4O2S2. The van der Waals surface area contributed by atoms with Crippen molar-refractivity contribution in [3.05, 3.63) is 65.7 Å². The molecule has 0 fully saturated rings. The highest BCUT2D eigenvalue weighted by atomic mass is 32.2. The number of halogens is 2. The zero-order valence-electron chi connectivity index (χ0n) is 15.9. The summed E-state index contributed by atoms with van der Waals surface area (Å²) in [6, 6.07) is 16.3. The third-order valence-corrected chi connectivity index (χ3v) is 5.92. The van der Waals surface area contributed by atoms with E-state index in [-0.39, 0.29) is 17.4 Å². The largest absolute Gasteiger partial charge is 0.435 e. The van der Waals surface area contributed by atoms with Crippen molar-refractivity contribution in [3.8, 4) is 5.75 Å². The van der Waals surface area contributed by atoms with Crippen molar-refractivity contribution in [1.82, 2.24) is 15.5 Å². The maximum Gasteiger partial charge on any atom is 0.387 e. The van der Waals surface area contributed by atoms with Crippen molar-refractivity contribution in [2.75, 3.05) is 17.6 Å². The van der Waals surface area contributed by atoms with Gasteiger partial charge in [-0.25, -0.2) is 0 Å². The molecule has 1 heterocycles. The van der Waals surface area contributed by atoms with E-state index in [2.05, 4.69) is 25.6 Å². The van der Waals surface area contributed by atoms with E-state index in [4.69, 9.17) is 0 Å². The molecule has 0 radical (unpaired) electrons. The Morgan fingerprint density at radius 3 is 2.57 bits per heavy atom. The van der Waals surface area contributed by atoms with Crippen molar-refractivity contribution in [2.45, 2.75) is 23.9 Å². The second kappa shape index (κ2) is 11.5. The van der Waals surface area contributed by atoms with Gasteiger partial charge in [0.2, 0.25) is 11.0 Å². The van der Waals surface area contributed by atoms with E-state index in [1.807, 2.05) is 30.3 Å². The minimum atomic E-state index is -2.84. The highest BCUT2D eigenvalue weighted by Crippen LogP contribution is 2.25. The first kappa shape index (κ1) is 22.0. The summed E-state index contributed by atoms with van der Waals surface area (Å²) in [4.78, 5) is 12.0. The molecule has 6 nitrogen and oxygen atoms in total. The molecule has 1 amide bonds. The van der Waals surface area contributed by atoms with E-state index in [0.29, 0.717) is 24.6 Å². The fourth-order valence-corrected chi connectivity index (χ4v) is 4.05. The molecule has 3 aromatic rings. The monoisotopic (exact) mass is 450 g/mol. The van der Waals surface area contributed by atoms with Gasteiger partial charge in [-0.2, -0.15) is 8.78 Å². The number of hydrogen-bond donors (Lipinski definition) is 2. The molecule has 30 heavy (non-hydrogen) atoms. The van der Waals surface area contributed by atoms with Crippen molar-refractivity contribution in [1.29, 1.82) is 0 Å². The SMILES string of the molecule is O=C(CSc1nnc(NCc2ccccc2)s1)NCCc1ccc(OC(F)F)cc1. The van der Waals surface area contributed by atoms with Gasteiger partial charge in [0.25, 0.3) is 0 Å². The van der Waals surface area contributed by atoms with Gasteiger partial charge < -0.3 is 15.4 Å². The van der Waals surface area contributed by atoms with Crippen LogP contribution in [0.4, 0.5) is 13.9 Å². The molecule has 0 bridgehead atoms. The molecule has 10 heteroatoms. The third kappa shape index (κ3) is 7.60. The van der Waals surface area contributed by atoms with Crippen LogP contribution in [0.3, 0.4) is 0 Å². The number of carbonyl (C=O) groups is 1. The van der Waals surface area contributed by atoms with Gasteiger partial charge in [0.05, 0.1) is 5.75 Å². The summed E-state index contributed by atoms with van der Waals surface area (Å²) in [5.74, 6) is 0.254. The number of hydrogen-bond acceptors (Lipinski definition) is 7. The van der Waals surface area contributed by atoms with Crippen LogP contribution in [0.2, 0.25) is 0 Å². The van der Waals surface area contributed by atoms with E-state index in [9.17, 15) is 13.6 Å². The number of ether oxygens (including phenoxy) is 1. The fraction of sp³-hybridized carbons (Fsp3) is 0.250. The summed E-state index contributed by atoms with van der Waals surface area (Å²) in [5.41, 5.74) is 2.07. The van der Waals surface area contributed by atoms with Crippen molar-refractivity contribution >= 4 is 34.1 Å². The van der Waals surface area contributed by atoms with Gasteiger partial charge in [-0.05, 0) is 29.7 Å². The van der Waals surface area contributed by atoms with E-state index in [1.54, 1.807) is 12.1 Å². The smallest absolute Gasteiger partial charge is 0.387 e. The number of anilines is 1. The number of alkyl halides is 2. The van der Waals surface area contributed by atoms with Crippen LogP contribution in [-0.2, 0) is 17.8 Å². The van der Waals surface area contributed by atoms with Gasteiger partial charge in [-0.15, -0.1) is 10.2 Å². The van der Waals surface area contributed by atoms with Crippen molar-refractivity contribution in [3.63, 3.8) is 0 Å². The molecule has 0 aliphatic carbocycles. The molecule has 3 rings (SSSR count). The molecular weight excluding hydrogens is 430 g/mol. The van der Waals surface area contributed by atoms with E-state index in [1.165, 1.54) is 35.2 Å². The summed E-state index contributed by atoms with van der Waals surface area (Å²) >= 11 is 2.73. The maximum atomic E-state index is 12.1. The molecule has 0 spiro atoms. The molecule has 0 unspecified atom stereocenters. The number of nitrogens with zero attached hydrogens (tertiary/aromatic N) is 2. The first-order valence-electron chi connectivity index (χ1n) is 9.13. The number of aromatic nitrogens is 2. The first-order chi connectivity index (χ1) is 14.6. The number of amides is 1. The van der Waals surface area contributed by atoms with E-state index >= 15 is 0 Å². The maximum absolute atomic E-state index is 12.1. The van der Waals surface area contributed by atoms with Crippen LogP contribution < -0.4 is 15.4 Å². The lowest BCUT2D eigenvalue weighted by atomic mass is 10.1. The molecule has 0 saturated carbocycles. The summed E-state index contributed by atoms with van der Waals surface area (Å²) in [6.45, 7) is -1.72. The summed E-state index contributed by atoms with van der Waals surface area (Å²) in [5, 5.41) is 14.9. The number of rotatable bonds is 11. The highest BCUT2D eigenvalue weighted by Gasteiger charge is 2.08.